The van der Waals surface area contributed by atoms with Gasteiger partial charge in [-0.05, 0) is 23.8 Å². The van der Waals surface area contributed by atoms with Crippen LogP contribution in [0, 0.1) is 0 Å². The van der Waals surface area contributed by atoms with Gasteiger partial charge in [0.1, 0.15) is 12.7 Å². The lowest BCUT2D eigenvalue weighted by atomic mass is 10.1. The number of nitrogens with zero attached hydrogens (tertiary/aromatic N) is 1. The van der Waals surface area contributed by atoms with Crippen LogP contribution >= 0.6 is 0 Å². The fraction of sp³-hybridized carbons (Fsp3) is 0.333. The van der Waals surface area contributed by atoms with Crippen LogP contribution in [0.1, 0.15) is 16.7 Å². The predicted molar refractivity (Wildman–Crippen MR) is 84.8 cm³/mol. The molecule has 2 aromatic carbocycles. The summed E-state index contributed by atoms with van der Waals surface area (Å²) in [5.41, 5.74) is -2.19. The maximum Gasteiger partial charge on any atom is 0.416 e. The zero-order valence-corrected chi connectivity index (χ0v) is 13.8. The predicted octanol–water partition coefficient (Wildman–Crippen LogP) is 5.06. The molecule has 0 amide bonds. The maximum absolute atomic E-state index is 13.0. The van der Waals surface area contributed by atoms with E-state index in [9.17, 15) is 26.3 Å². The van der Waals surface area contributed by atoms with Crippen LogP contribution in [-0.2, 0) is 28.5 Å². The number of halogens is 6. The summed E-state index contributed by atoms with van der Waals surface area (Å²) >= 11 is 0. The third-order valence-corrected chi connectivity index (χ3v) is 3.97. The Hall–Kier alpha value is -2.26. The zero-order valence-electron chi connectivity index (χ0n) is 13.8. The first kappa shape index (κ1) is 19.5. The second-order valence-electron chi connectivity index (χ2n) is 6.04. The van der Waals surface area contributed by atoms with Crippen molar-refractivity contribution in [3.8, 4) is 0 Å². The molecule has 1 aliphatic rings. The van der Waals surface area contributed by atoms with Gasteiger partial charge in [0.15, 0.2) is 0 Å². The first-order valence-electron chi connectivity index (χ1n) is 7.98. The van der Waals surface area contributed by atoms with Crippen LogP contribution in [-0.4, -0.2) is 19.3 Å². The number of hydrogen-bond donors (Lipinski definition) is 0. The second-order valence-corrected chi connectivity index (χ2v) is 6.04. The molecule has 0 radical (unpaired) electrons. The van der Waals surface area contributed by atoms with Crippen LogP contribution in [0.2, 0.25) is 0 Å². The summed E-state index contributed by atoms with van der Waals surface area (Å²) in [6.45, 7) is 0.314. The molecule has 0 bridgehead atoms. The Labute approximate surface area is 151 Å². The summed E-state index contributed by atoms with van der Waals surface area (Å²) in [6.07, 6.45) is -10.3. The molecule has 27 heavy (non-hydrogen) atoms. The number of hydroxylamine groups is 1. The molecule has 1 aliphatic heterocycles. The Morgan fingerprint density at radius 1 is 0.926 bits per heavy atom. The highest BCUT2D eigenvalue weighted by atomic mass is 19.4. The monoisotopic (exact) mass is 391 g/mol. The SMILES string of the molecule is FC(F)(F)c1cc(N2CC(OCc3ccccc3)CO2)cc(C(F)(F)F)c1. The van der Waals surface area contributed by atoms with Gasteiger partial charge in [-0.1, -0.05) is 30.3 Å². The third kappa shape index (κ3) is 4.92. The summed E-state index contributed by atoms with van der Waals surface area (Å²) in [4.78, 5) is 5.25. The van der Waals surface area contributed by atoms with Gasteiger partial charge in [0.05, 0.1) is 30.0 Å². The molecule has 0 aromatic heterocycles. The van der Waals surface area contributed by atoms with Crippen molar-refractivity contribution >= 4 is 5.69 Å². The quantitative estimate of drug-likeness (QED) is 0.680. The Bertz CT molecular complexity index is 743. The lowest BCUT2D eigenvalue weighted by molar-refractivity contribution is -0.143. The fourth-order valence-corrected chi connectivity index (χ4v) is 2.62. The molecule has 9 heteroatoms. The molecule has 146 valence electrons. The number of rotatable bonds is 4. The molecule has 2 aromatic rings. The van der Waals surface area contributed by atoms with Gasteiger partial charge in [-0.25, -0.2) is 0 Å². The smallest absolute Gasteiger partial charge is 0.369 e. The summed E-state index contributed by atoms with van der Waals surface area (Å²) < 4.78 is 83.4. The average Bonchev–Trinajstić information content (AvgIpc) is 3.08. The zero-order chi connectivity index (χ0) is 19.7. The lowest BCUT2D eigenvalue weighted by Gasteiger charge is -2.20. The summed E-state index contributed by atoms with van der Waals surface area (Å²) in [7, 11) is 0. The molecule has 1 saturated heterocycles. The molecule has 1 heterocycles. The number of benzene rings is 2. The van der Waals surface area contributed by atoms with Crippen LogP contribution in [0.25, 0.3) is 0 Å². The number of alkyl halides is 6. The van der Waals surface area contributed by atoms with E-state index < -0.39 is 29.6 Å². The van der Waals surface area contributed by atoms with Gasteiger partial charge in [0.2, 0.25) is 0 Å². The Morgan fingerprint density at radius 3 is 2.07 bits per heavy atom. The molecular weight excluding hydrogens is 376 g/mol. The Kier molecular flexibility index (Phi) is 5.34. The topological polar surface area (TPSA) is 21.7 Å². The van der Waals surface area contributed by atoms with Gasteiger partial charge in [-0.2, -0.15) is 26.3 Å². The Morgan fingerprint density at radius 2 is 1.52 bits per heavy atom. The normalized spacial score (nSPS) is 18.1. The molecule has 0 N–H and O–H groups in total. The number of ether oxygens (including phenoxy) is 1. The molecule has 0 aliphatic carbocycles. The molecule has 0 spiro atoms. The minimum atomic E-state index is -4.90. The minimum Gasteiger partial charge on any atom is -0.369 e. The second kappa shape index (κ2) is 7.40. The van der Waals surface area contributed by atoms with Crippen LogP contribution < -0.4 is 5.06 Å². The molecule has 1 fully saturated rings. The highest BCUT2D eigenvalue weighted by Gasteiger charge is 2.38. The van der Waals surface area contributed by atoms with Crippen molar-refractivity contribution in [3.05, 3.63) is 65.2 Å². The highest BCUT2D eigenvalue weighted by Crippen LogP contribution is 2.39. The van der Waals surface area contributed by atoms with Crippen LogP contribution in [0.5, 0.6) is 0 Å². The van der Waals surface area contributed by atoms with E-state index in [-0.39, 0.29) is 31.5 Å². The largest absolute Gasteiger partial charge is 0.416 e. The highest BCUT2D eigenvalue weighted by molar-refractivity contribution is 5.51. The van der Waals surface area contributed by atoms with Crippen LogP contribution in [0.3, 0.4) is 0 Å². The van der Waals surface area contributed by atoms with Crippen molar-refractivity contribution in [1.29, 1.82) is 0 Å². The van der Waals surface area contributed by atoms with E-state index in [0.29, 0.717) is 12.1 Å². The summed E-state index contributed by atoms with van der Waals surface area (Å²) in [5, 5.41) is 1.00. The van der Waals surface area contributed by atoms with E-state index in [1.165, 1.54) is 0 Å². The van der Waals surface area contributed by atoms with E-state index in [0.717, 1.165) is 10.6 Å². The maximum atomic E-state index is 13.0. The van der Waals surface area contributed by atoms with E-state index >= 15 is 0 Å². The van der Waals surface area contributed by atoms with Crippen molar-refractivity contribution in [2.75, 3.05) is 18.2 Å². The summed E-state index contributed by atoms with van der Waals surface area (Å²) in [5.74, 6) is 0. The summed E-state index contributed by atoms with van der Waals surface area (Å²) in [6, 6.07) is 10.5. The number of hydrogen-bond acceptors (Lipinski definition) is 3. The van der Waals surface area contributed by atoms with Crippen molar-refractivity contribution in [2.45, 2.75) is 25.1 Å². The molecule has 3 nitrogen and oxygen atoms in total. The van der Waals surface area contributed by atoms with Gasteiger partial charge in [-0.15, -0.1) is 0 Å². The standard InChI is InChI=1S/C18H15F6NO2/c19-17(20,21)13-6-14(18(22,23)24)8-15(7-13)25-9-16(11-27-25)26-10-12-4-2-1-3-5-12/h1-8,16H,9-11H2. The molecule has 0 saturated carbocycles. The van der Waals surface area contributed by atoms with Gasteiger partial charge in [0.25, 0.3) is 0 Å². The number of anilines is 1. The van der Waals surface area contributed by atoms with E-state index in [4.69, 9.17) is 9.57 Å². The molecule has 1 unspecified atom stereocenters. The average molecular weight is 391 g/mol. The van der Waals surface area contributed by atoms with Crippen molar-refractivity contribution in [2.24, 2.45) is 0 Å². The van der Waals surface area contributed by atoms with Crippen molar-refractivity contribution < 1.29 is 35.9 Å². The fourth-order valence-electron chi connectivity index (χ4n) is 2.62. The van der Waals surface area contributed by atoms with Crippen molar-refractivity contribution in [1.82, 2.24) is 0 Å². The van der Waals surface area contributed by atoms with Gasteiger partial charge < -0.3 is 4.74 Å². The third-order valence-electron chi connectivity index (χ3n) is 3.97. The van der Waals surface area contributed by atoms with Gasteiger partial charge >= 0.3 is 12.4 Å². The van der Waals surface area contributed by atoms with E-state index in [1.54, 1.807) is 0 Å². The molecular formula is C18H15F6NO2. The van der Waals surface area contributed by atoms with E-state index in [2.05, 4.69) is 0 Å². The first-order chi connectivity index (χ1) is 12.6. The van der Waals surface area contributed by atoms with Gasteiger partial charge in [-0.3, -0.25) is 9.90 Å². The van der Waals surface area contributed by atoms with E-state index in [1.807, 2.05) is 30.3 Å². The first-order valence-corrected chi connectivity index (χ1v) is 7.98. The minimum absolute atomic E-state index is 0.0193. The molecule has 1 atom stereocenters. The lowest BCUT2D eigenvalue weighted by Crippen LogP contribution is -2.23. The van der Waals surface area contributed by atoms with Crippen LogP contribution in [0.15, 0.2) is 48.5 Å². The van der Waals surface area contributed by atoms with Crippen molar-refractivity contribution in [3.63, 3.8) is 0 Å². The van der Waals surface area contributed by atoms with Gasteiger partial charge in [0, 0.05) is 0 Å². The van der Waals surface area contributed by atoms with Crippen LogP contribution in [0.4, 0.5) is 32.0 Å². The Balaban J connectivity index is 1.74. The molecule has 3 rings (SSSR count).